The molecule has 1 atom stereocenters. The van der Waals surface area contributed by atoms with Crippen LogP contribution in [0.15, 0.2) is 18.6 Å². The Bertz CT molecular complexity index is 563. The highest BCUT2D eigenvalue weighted by Crippen LogP contribution is 2.29. The van der Waals surface area contributed by atoms with Crippen LogP contribution >= 0.6 is 0 Å². The molecule has 0 aromatic carbocycles. The third kappa shape index (κ3) is 3.13. The topological polar surface area (TPSA) is 74.1 Å². The average molecular weight is 291 g/mol. The summed E-state index contributed by atoms with van der Waals surface area (Å²) in [6.07, 6.45) is 3.22. The van der Waals surface area contributed by atoms with Crippen molar-refractivity contribution in [2.75, 3.05) is 20.8 Å². The van der Waals surface area contributed by atoms with Gasteiger partial charge in [0, 0.05) is 12.6 Å². The lowest BCUT2D eigenvalue weighted by molar-refractivity contribution is 0.390. The lowest BCUT2D eigenvalue weighted by Crippen LogP contribution is -2.26. The van der Waals surface area contributed by atoms with E-state index in [1.165, 1.54) is 6.33 Å². The zero-order chi connectivity index (χ0) is 15.2. The minimum Gasteiger partial charge on any atom is -0.493 e. The molecule has 0 spiro atoms. The normalized spacial score (nSPS) is 12.2. The zero-order valence-corrected chi connectivity index (χ0v) is 12.8. The van der Waals surface area contributed by atoms with Gasteiger partial charge >= 0.3 is 0 Å². The number of methoxy groups -OCH3 is 2. The minimum absolute atomic E-state index is 0.135. The van der Waals surface area contributed by atoms with Gasteiger partial charge in [0.15, 0.2) is 5.75 Å². The number of aryl methyl sites for hydroxylation is 1. The Kier molecular flexibility index (Phi) is 5.10. The highest BCUT2D eigenvalue weighted by atomic mass is 16.5. The van der Waals surface area contributed by atoms with Crippen LogP contribution < -0.4 is 14.8 Å². The summed E-state index contributed by atoms with van der Waals surface area (Å²) in [6, 6.07) is 1.68. The van der Waals surface area contributed by atoms with Crippen molar-refractivity contribution in [1.82, 2.24) is 25.1 Å². The number of rotatable bonds is 7. The summed E-state index contributed by atoms with van der Waals surface area (Å²) in [4.78, 5) is 8.41. The molecular formula is C14H21N5O2. The maximum absolute atomic E-state index is 5.44. The highest BCUT2D eigenvalue weighted by Gasteiger charge is 2.24. The lowest BCUT2D eigenvalue weighted by Gasteiger charge is -2.20. The van der Waals surface area contributed by atoms with Gasteiger partial charge in [-0.05, 0) is 13.5 Å². The third-order valence-electron chi connectivity index (χ3n) is 3.21. The Morgan fingerprint density at radius 1 is 1.24 bits per heavy atom. The van der Waals surface area contributed by atoms with E-state index in [4.69, 9.17) is 9.47 Å². The van der Waals surface area contributed by atoms with E-state index in [0.717, 1.165) is 30.2 Å². The van der Waals surface area contributed by atoms with E-state index in [1.807, 2.05) is 24.6 Å². The standard InChI is InChI=1S/C14H21N5O2/c1-5-15-13(10-7-12(21-4)17-9-16-10)14-11(20-3)8-18-19(14)6-2/h7-9,13,15H,5-6H2,1-4H3. The fraction of sp³-hybridized carbons (Fsp3) is 0.500. The molecule has 0 aliphatic carbocycles. The zero-order valence-electron chi connectivity index (χ0n) is 12.8. The fourth-order valence-electron chi connectivity index (χ4n) is 2.25. The quantitative estimate of drug-likeness (QED) is 0.831. The molecule has 0 fully saturated rings. The van der Waals surface area contributed by atoms with E-state index in [1.54, 1.807) is 20.4 Å². The monoisotopic (exact) mass is 291 g/mol. The molecule has 114 valence electrons. The van der Waals surface area contributed by atoms with Gasteiger partial charge in [-0.15, -0.1) is 0 Å². The van der Waals surface area contributed by atoms with E-state index in [9.17, 15) is 0 Å². The van der Waals surface area contributed by atoms with Gasteiger partial charge in [-0.2, -0.15) is 5.10 Å². The summed E-state index contributed by atoms with van der Waals surface area (Å²) in [7, 11) is 3.23. The van der Waals surface area contributed by atoms with Gasteiger partial charge < -0.3 is 14.8 Å². The summed E-state index contributed by atoms with van der Waals surface area (Å²) in [5.41, 5.74) is 1.76. The van der Waals surface area contributed by atoms with Gasteiger partial charge in [0.05, 0.1) is 32.2 Å². The van der Waals surface area contributed by atoms with E-state index in [2.05, 4.69) is 20.4 Å². The summed E-state index contributed by atoms with van der Waals surface area (Å²) in [5.74, 6) is 1.27. The van der Waals surface area contributed by atoms with Crippen LogP contribution in [0.2, 0.25) is 0 Å². The Morgan fingerprint density at radius 3 is 2.67 bits per heavy atom. The molecule has 0 saturated carbocycles. The van der Waals surface area contributed by atoms with Gasteiger partial charge in [-0.1, -0.05) is 6.92 Å². The second-order valence-electron chi connectivity index (χ2n) is 4.39. The largest absolute Gasteiger partial charge is 0.493 e. The van der Waals surface area contributed by atoms with Gasteiger partial charge in [0.25, 0.3) is 0 Å². The third-order valence-corrected chi connectivity index (χ3v) is 3.21. The van der Waals surface area contributed by atoms with Crippen LogP contribution in [0, 0.1) is 0 Å². The number of nitrogens with one attached hydrogen (secondary N) is 1. The van der Waals surface area contributed by atoms with Crippen LogP contribution in [0.1, 0.15) is 31.3 Å². The number of hydrogen-bond donors (Lipinski definition) is 1. The maximum Gasteiger partial charge on any atom is 0.216 e. The van der Waals surface area contributed by atoms with E-state index in [-0.39, 0.29) is 6.04 Å². The van der Waals surface area contributed by atoms with Crippen molar-refractivity contribution < 1.29 is 9.47 Å². The maximum atomic E-state index is 5.44. The Balaban J connectivity index is 2.49. The van der Waals surface area contributed by atoms with Gasteiger partial charge in [-0.25, -0.2) is 9.97 Å². The van der Waals surface area contributed by atoms with Gasteiger partial charge in [0.2, 0.25) is 5.88 Å². The fourth-order valence-corrected chi connectivity index (χ4v) is 2.25. The predicted molar refractivity (Wildman–Crippen MR) is 78.6 cm³/mol. The number of aromatic nitrogens is 4. The van der Waals surface area contributed by atoms with Crippen LogP contribution in [0.5, 0.6) is 11.6 Å². The predicted octanol–water partition coefficient (Wildman–Crippen LogP) is 1.41. The van der Waals surface area contributed by atoms with Gasteiger partial charge in [-0.3, -0.25) is 4.68 Å². The van der Waals surface area contributed by atoms with E-state index < -0.39 is 0 Å². The van der Waals surface area contributed by atoms with Gasteiger partial charge in [0.1, 0.15) is 12.0 Å². The van der Waals surface area contributed by atoms with E-state index in [0.29, 0.717) is 5.88 Å². The molecule has 0 saturated heterocycles. The summed E-state index contributed by atoms with van der Waals surface area (Å²) in [6.45, 7) is 5.63. The first kappa shape index (κ1) is 15.2. The molecule has 7 heteroatoms. The minimum atomic E-state index is -0.135. The summed E-state index contributed by atoms with van der Waals surface area (Å²) >= 11 is 0. The molecule has 0 aliphatic heterocycles. The molecular weight excluding hydrogens is 270 g/mol. The molecule has 7 nitrogen and oxygen atoms in total. The first-order valence-corrected chi connectivity index (χ1v) is 6.94. The van der Waals surface area contributed by atoms with Crippen molar-refractivity contribution in [3.8, 4) is 11.6 Å². The van der Waals surface area contributed by atoms with Crippen molar-refractivity contribution in [3.05, 3.63) is 30.0 Å². The Morgan fingerprint density at radius 2 is 2.05 bits per heavy atom. The molecule has 2 rings (SSSR count). The number of hydrogen-bond acceptors (Lipinski definition) is 6. The molecule has 2 aromatic heterocycles. The van der Waals surface area contributed by atoms with Crippen molar-refractivity contribution in [1.29, 1.82) is 0 Å². The van der Waals surface area contributed by atoms with Crippen LogP contribution in [0.3, 0.4) is 0 Å². The second-order valence-corrected chi connectivity index (χ2v) is 4.39. The van der Waals surface area contributed by atoms with Crippen LogP contribution in [-0.2, 0) is 6.54 Å². The Hall–Kier alpha value is -2.15. The summed E-state index contributed by atoms with van der Waals surface area (Å²) in [5, 5.41) is 7.77. The molecule has 1 unspecified atom stereocenters. The molecule has 0 bridgehead atoms. The number of nitrogens with zero attached hydrogens (tertiary/aromatic N) is 4. The summed E-state index contributed by atoms with van der Waals surface area (Å²) < 4.78 is 12.5. The molecule has 2 aromatic rings. The first-order valence-electron chi connectivity index (χ1n) is 6.94. The van der Waals surface area contributed by atoms with Crippen molar-refractivity contribution in [3.63, 3.8) is 0 Å². The van der Waals surface area contributed by atoms with Crippen LogP contribution in [0.25, 0.3) is 0 Å². The smallest absolute Gasteiger partial charge is 0.216 e. The highest BCUT2D eigenvalue weighted by molar-refractivity contribution is 5.34. The molecule has 0 aliphatic rings. The van der Waals surface area contributed by atoms with Crippen molar-refractivity contribution in [2.45, 2.75) is 26.4 Å². The molecule has 0 amide bonds. The van der Waals surface area contributed by atoms with Crippen LogP contribution in [-0.4, -0.2) is 40.5 Å². The molecule has 1 N–H and O–H groups in total. The molecule has 21 heavy (non-hydrogen) atoms. The average Bonchev–Trinajstić information content (AvgIpc) is 2.95. The lowest BCUT2D eigenvalue weighted by atomic mass is 10.1. The molecule has 2 heterocycles. The first-order chi connectivity index (χ1) is 10.2. The van der Waals surface area contributed by atoms with Crippen molar-refractivity contribution >= 4 is 0 Å². The second kappa shape index (κ2) is 7.03. The van der Waals surface area contributed by atoms with E-state index >= 15 is 0 Å². The van der Waals surface area contributed by atoms with Crippen LogP contribution in [0.4, 0.5) is 0 Å². The molecule has 0 radical (unpaired) electrons. The number of ether oxygens (including phenoxy) is 2. The van der Waals surface area contributed by atoms with Crippen molar-refractivity contribution in [2.24, 2.45) is 0 Å². The SMILES string of the molecule is CCNC(c1cc(OC)ncn1)c1c(OC)cnn1CC. The Labute approximate surface area is 124 Å².